The number of imidazole rings is 1. The van der Waals surface area contributed by atoms with Gasteiger partial charge in [-0.05, 0) is 12.1 Å². The van der Waals surface area contributed by atoms with Crippen molar-refractivity contribution in [2.24, 2.45) is 0 Å². The van der Waals surface area contributed by atoms with E-state index in [0.717, 1.165) is 0 Å². The Hall–Kier alpha value is -2.17. The summed E-state index contributed by atoms with van der Waals surface area (Å²) in [6.45, 7) is 0. The van der Waals surface area contributed by atoms with Gasteiger partial charge >= 0.3 is 0 Å². The van der Waals surface area contributed by atoms with Crippen LogP contribution in [0.5, 0.6) is 0 Å². The fraction of sp³-hybridized carbons (Fsp3) is 0. The molecule has 2 aromatic rings. The number of hydrogen-bond acceptors (Lipinski definition) is 3. The van der Waals surface area contributed by atoms with Crippen molar-refractivity contribution in [3.63, 3.8) is 0 Å². The molecule has 1 aromatic heterocycles. The van der Waals surface area contributed by atoms with Crippen LogP contribution in [0.1, 0.15) is 20.7 Å². The smallest absolute Gasteiger partial charge is 0.261 e. The summed E-state index contributed by atoms with van der Waals surface area (Å²) in [4.78, 5) is 29.5. The van der Waals surface area contributed by atoms with Crippen LogP contribution >= 0.6 is 0 Å². The third kappa shape index (κ3) is 0.711. The van der Waals surface area contributed by atoms with Crippen molar-refractivity contribution in [3.05, 3.63) is 29.6 Å². The summed E-state index contributed by atoms with van der Waals surface area (Å²) >= 11 is 0. The average Bonchev–Trinajstić information content (AvgIpc) is 2.71. The molecule has 2 amide bonds. The molecule has 14 heavy (non-hydrogen) atoms. The van der Waals surface area contributed by atoms with Crippen molar-refractivity contribution in [2.75, 3.05) is 0 Å². The number of H-pyrrole nitrogens is 1. The van der Waals surface area contributed by atoms with Crippen LogP contribution in [0.15, 0.2) is 18.5 Å². The third-order valence-electron chi connectivity index (χ3n) is 2.29. The predicted octanol–water partition coefficient (Wildman–Crippen LogP) is 0.446. The average molecular weight is 187 g/mol. The van der Waals surface area contributed by atoms with Gasteiger partial charge in [0.15, 0.2) is 0 Å². The molecule has 5 nitrogen and oxygen atoms in total. The minimum absolute atomic E-state index is 0.346. The highest BCUT2D eigenvalue weighted by atomic mass is 16.2. The Bertz CT molecular complexity index is 570. The van der Waals surface area contributed by atoms with E-state index >= 15 is 0 Å². The summed E-state index contributed by atoms with van der Waals surface area (Å²) in [5.41, 5.74) is 2.11. The Morgan fingerprint density at radius 1 is 1.14 bits per heavy atom. The second-order valence-corrected chi connectivity index (χ2v) is 3.07. The molecule has 0 aliphatic carbocycles. The minimum Gasteiger partial charge on any atom is -0.344 e. The number of aromatic amines is 1. The van der Waals surface area contributed by atoms with Crippen LogP contribution in [0.2, 0.25) is 0 Å². The molecule has 1 aliphatic heterocycles. The maximum Gasteiger partial charge on any atom is 0.261 e. The number of imide groups is 1. The number of nitrogens with zero attached hydrogens (tertiary/aromatic N) is 1. The molecule has 0 atom stereocenters. The number of fused-ring (bicyclic) bond motifs is 3. The lowest BCUT2D eigenvalue weighted by molar-refractivity contribution is 0.0880. The normalized spacial score (nSPS) is 14.6. The maximum atomic E-state index is 11.4. The Kier molecular flexibility index (Phi) is 1.14. The third-order valence-corrected chi connectivity index (χ3v) is 2.29. The first-order valence-electron chi connectivity index (χ1n) is 4.09. The first-order chi connectivity index (χ1) is 6.77. The summed E-state index contributed by atoms with van der Waals surface area (Å²) in [5, 5.41) is 2.24. The fourth-order valence-electron chi connectivity index (χ4n) is 1.67. The number of nitrogens with one attached hydrogen (secondary N) is 2. The van der Waals surface area contributed by atoms with E-state index in [1.807, 2.05) is 0 Å². The van der Waals surface area contributed by atoms with Gasteiger partial charge in [-0.1, -0.05) is 0 Å². The van der Waals surface area contributed by atoms with Crippen LogP contribution in [-0.2, 0) is 0 Å². The molecular formula is C9H5N3O2. The van der Waals surface area contributed by atoms with Crippen molar-refractivity contribution < 1.29 is 9.59 Å². The quantitative estimate of drug-likeness (QED) is 0.588. The van der Waals surface area contributed by atoms with Gasteiger partial charge in [-0.2, -0.15) is 0 Å². The molecule has 1 aromatic carbocycles. The molecule has 0 bridgehead atoms. The Morgan fingerprint density at radius 3 is 2.86 bits per heavy atom. The van der Waals surface area contributed by atoms with Crippen LogP contribution in [0.4, 0.5) is 0 Å². The van der Waals surface area contributed by atoms with Crippen LogP contribution in [0.3, 0.4) is 0 Å². The van der Waals surface area contributed by atoms with Crippen molar-refractivity contribution in [1.29, 1.82) is 0 Å². The number of hydrogen-bond donors (Lipinski definition) is 2. The standard InChI is InChI=1S/C9H5N3O2/c13-8-4-1-2-5-7(11-3-10-5)6(4)9(14)12-8/h1-3H,(H,10,11)(H,12,13,14). The molecule has 5 heteroatoms. The highest BCUT2D eigenvalue weighted by Gasteiger charge is 2.29. The van der Waals surface area contributed by atoms with E-state index in [-0.39, 0.29) is 11.8 Å². The van der Waals surface area contributed by atoms with Gasteiger partial charge in [0.25, 0.3) is 11.8 Å². The second-order valence-electron chi connectivity index (χ2n) is 3.07. The SMILES string of the molecule is O=C1NC(=O)c2c1ccc1nc[nH]c21. The van der Waals surface area contributed by atoms with E-state index in [2.05, 4.69) is 15.3 Å². The zero-order valence-corrected chi connectivity index (χ0v) is 7.00. The van der Waals surface area contributed by atoms with Gasteiger partial charge in [0.2, 0.25) is 0 Å². The van der Waals surface area contributed by atoms with E-state index in [4.69, 9.17) is 0 Å². The molecule has 0 radical (unpaired) electrons. The largest absolute Gasteiger partial charge is 0.344 e. The van der Waals surface area contributed by atoms with Gasteiger partial charge in [0.1, 0.15) is 0 Å². The lowest BCUT2D eigenvalue weighted by Gasteiger charge is -1.94. The zero-order valence-electron chi connectivity index (χ0n) is 7.00. The second kappa shape index (κ2) is 2.20. The van der Waals surface area contributed by atoms with Crippen LogP contribution < -0.4 is 5.32 Å². The molecule has 1 aliphatic rings. The van der Waals surface area contributed by atoms with Gasteiger partial charge < -0.3 is 4.98 Å². The summed E-state index contributed by atoms with van der Waals surface area (Å²) in [6, 6.07) is 3.32. The van der Waals surface area contributed by atoms with Crippen molar-refractivity contribution in [1.82, 2.24) is 15.3 Å². The van der Waals surface area contributed by atoms with E-state index in [1.54, 1.807) is 12.1 Å². The Morgan fingerprint density at radius 2 is 2.00 bits per heavy atom. The Labute approximate surface area is 78.1 Å². The van der Waals surface area contributed by atoms with Crippen LogP contribution in [0.25, 0.3) is 11.0 Å². The van der Waals surface area contributed by atoms with Gasteiger partial charge in [0, 0.05) is 0 Å². The summed E-state index contributed by atoms with van der Waals surface area (Å²) < 4.78 is 0. The van der Waals surface area contributed by atoms with E-state index in [9.17, 15) is 9.59 Å². The van der Waals surface area contributed by atoms with Gasteiger partial charge in [-0.25, -0.2) is 4.98 Å². The highest BCUT2D eigenvalue weighted by Crippen LogP contribution is 2.23. The topological polar surface area (TPSA) is 74.8 Å². The summed E-state index contributed by atoms with van der Waals surface area (Å²) in [5.74, 6) is -0.707. The van der Waals surface area contributed by atoms with E-state index < -0.39 is 0 Å². The van der Waals surface area contributed by atoms with Crippen molar-refractivity contribution in [2.45, 2.75) is 0 Å². The predicted molar refractivity (Wildman–Crippen MR) is 47.9 cm³/mol. The van der Waals surface area contributed by atoms with Crippen LogP contribution in [0, 0.1) is 0 Å². The number of aromatic nitrogens is 2. The number of amides is 2. The molecule has 68 valence electrons. The highest BCUT2D eigenvalue weighted by molar-refractivity contribution is 6.25. The first-order valence-corrected chi connectivity index (χ1v) is 4.09. The molecule has 2 N–H and O–H groups in total. The number of benzene rings is 1. The summed E-state index contributed by atoms with van der Waals surface area (Å²) in [6.07, 6.45) is 1.50. The molecule has 3 rings (SSSR count). The van der Waals surface area contributed by atoms with Crippen molar-refractivity contribution in [3.8, 4) is 0 Å². The van der Waals surface area contributed by atoms with E-state index in [0.29, 0.717) is 22.2 Å². The Balaban J connectivity index is 2.51. The molecule has 0 saturated carbocycles. The summed E-state index contributed by atoms with van der Waals surface area (Å²) in [7, 11) is 0. The monoisotopic (exact) mass is 187 g/mol. The van der Waals surface area contributed by atoms with Crippen molar-refractivity contribution >= 4 is 22.8 Å². The fourth-order valence-corrected chi connectivity index (χ4v) is 1.67. The number of carbonyl (C=O) groups is 2. The molecule has 0 unspecified atom stereocenters. The van der Waals surface area contributed by atoms with E-state index in [1.165, 1.54) is 6.33 Å². The van der Waals surface area contributed by atoms with Gasteiger partial charge in [-0.15, -0.1) is 0 Å². The molecule has 0 fully saturated rings. The zero-order chi connectivity index (χ0) is 9.71. The van der Waals surface area contributed by atoms with Crippen LogP contribution in [-0.4, -0.2) is 21.8 Å². The molecule has 0 saturated heterocycles. The lowest BCUT2D eigenvalue weighted by Crippen LogP contribution is -2.20. The molecule has 2 heterocycles. The lowest BCUT2D eigenvalue weighted by atomic mass is 10.1. The molecular weight excluding hydrogens is 182 g/mol. The number of carbonyl (C=O) groups excluding carboxylic acids is 2. The number of rotatable bonds is 0. The first kappa shape index (κ1) is 7.25. The maximum absolute atomic E-state index is 11.4. The van der Waals surface area contributed by atoms with Gasteiger partial charge in [0.05, 0.1) is 28.5 Å². The van der Waals surface area contributed by atoms with Gasteiger partial charge in [-0.3, -0.25) is 14.9 Å². The minimum atomic E-state index is -0.361. The molecule has 0 spiro atoms.